The van der Waals surface area contributed by atoms with Crippen LogP contribution in [0.4, 0.5) is 13.2 Å². The second-order valence-corrected chi connectivity index (χ2v) is 1.42. The van der Waals surface area contributed by atoms with Crippen LogP contribution < -0.4 is 0 Å². The molecule has 3 nitrogen and oxygen atoms in total. The van der Waals surface area contributed by atoms with Gasteiger partial charge in [0.2, 0.25) is 6.10 Å². The molecule has 0 amide bonds. The molecule has 0 radical (unpaired) electrons. The van der Waals surface area contributed by atoms with E-state index in [1.165, 1.54) is 0 Å². The first-order valence-corrected chi connectivity index (χ1v) is 2.08. The third-order valence-electron chi connectivity index (χ3n) is 0.669. The summed E-state index contributed by atoms with van der Waals surface area (Å²) in [6.45, 7) is 0. The molecule has 0 aromatic carbocycles. The van der Waals surface area contributed by atoms with Crippen LogP contribution in [0.1, 0.15) is 0 Å². The minimum absolute atomic E-state index is 0.662. The molecule has 0 heterocycles. The summed E-state index contributed by atoms with van der Waals surface area (Å²) in [5.41, 5.74) is 0. The van der Waals surface area contributed by atoms with E-state index in [-0.39, 0.29) is 0 Å². The van der Waals surface area contributed by atoms with E-state index in [9.17, 15) is 18.0 Å². The molecule has 0 spiro atoms. The van der Waals surface area contributed by atoms with Gasteiger partial charge in [-0.15, -0.1) is 0 Å². The van der Waals surface area contributed by atoms with Crippen molar-refractivity contribution in [2.24, 2.45) is 0 Å². The van der Waals surface area contributed by atoms with E-state index >= 15 is 0 Å². The summed E-state index contributed by atoms with van der Waals surface area (Å²) in [7, 11) is 0. The molecule has 0 aliphatic heterocycles. The zero-order valence-electron chi connectivity index (χ0n) is 4.51. The Balaban J connectivity index is 4.26. The Kier molecular flexibility index (Phi) is 2.37. The fourth-order valence-electron chi connectivity index (χ4n) is 0.210. The summed E-state index contributed by atoms with van der Waals surface area (Å²) in [6.07, 6.45) is -8.20. The standard InChI is InChI=1S/C4H2F3NO2/c5-4(6,7)3(10)2(9)1-8/h3,10H/t3-/m0/s1. The quantitative estimate of drug-likeness (QED) is 0.539. The minimum atomic E-state index is -5.03. The fourth-order valence-corrected chi connectivity index (χ4v) is 0.210. The molecule has 0 saturated carbocycles. The average Bonchev–Trinajstić information content (AvgIpc) is 1.83. The van der Waals surface area contributed by atoms with Crippen LogP contribution in [0.5, 0.6) is 0 Å². The van der Waals surface area contributed by atoms with Crippen LogP contribution in [-0.4, -0.2) is 23.2 Å². The van der Waals surface area contributed by atoms with E-state index in [1.54, 1.807) is 0 Å². The third kappa shape index (κ3) is 2.03. The van der Waals surface area contributed by atoms with Crippen molar-refractivity contribution in [2.75, 3.05) is 0 Å². The number of nitrogens with zero attached hydrogens (tertiary/aromatic N) is 1. The lowest BCUT2D eigenvalue weighted by atomic mass is 10.2. The topological polar surface area (TPSA) is 61.1 Å². The van der Waals surface area contributed by atoms with E-state index in [2.05, 4.69) is 0 Å². The monoisotopic (exact) mass is 153 g/mol. The van der Waals surface area contributed by atoms with Crippen LogP contribution in [0.3, 0.4) is 0 Å². The van der Waals surface area contributed by atoms with Crippen LogP contribution >= 0.6 is 0 Å². The van der Waals surface area contributed by atoms with Gasteiger partial charge in [-0.05, 0) is 0 Å². The van der Waals surface area contributed by atoms with Gasteiger partial charge >= 0.3 is 6.18 Å². The maximum absolute atomic E-state index is 11.3. The van der Waals surface area contributed by atoms with Crippen molar-refractivity contribution in [3.63, 3.8) is 0 Å². The van der Waals surface area contributed by atoms with Gasteiger partial charge in [-0.2, -0.15) is 18.4 Å². The number of carbonyl (C=O) groups is 1. The molecule has 0 aliphatic carbocycles. The van der Waals surface area contributed by atoms with Crippen molar-refractivity contribution in [1.82, 2.24) is 0 Å². The third-order valence-corrected chi connectivity index (χ3v) is 0.669. The van der Waals surface area contributed by atoms with E-state index in [0.717, 1.165) is 0 Å². The summed E-state index contributed by atoms with van der Waals surface area (Å²) < 4.78 is 33.8. The molecule has 0 aliphatic rings. The van der Waals surface area contributed by atoms with E-state index in [0.29, 0.717) is 6.07 Å². The Hall–Kier alpha value is -1.09. The number of Topliss-reactive ketones (excluding diaryl/α,β-unsaturated/α-hetero) is 1. The lowest BCUT2D eigenvalue weighted by Crippen LogP contribution is -2.35. The van der Waals surface area contributed by atoms with Gasteiger partial charge in [0.1, 0.15) is 6.07 Å². The maximum atomic E-state index is 11.3. The second kappa shape index (κ2) is 2.66. The number of nitriles is 1. The Bertz CT molecular complexity index is 180. The highest BCUT2D eigenvalue weighted by Crippen LogP contribution is 2.19. The highest BCUT2D eigenvalue weighted by atomic mass is 19.4. The summed E-state index contributed by atoms with van der Waals surface area (Å²) in [5.74, 6) is -1.90. The minimum Gasteiger partial charge on any atom is -0.376 e. The number of ketones is 1. The summed E-state index contributed by atoms with van der Waals surface area (Å²) in [5, 5.41) is 15.6. The van der Waals surface area contributed by atoms with Crippen molar-refractivity contribution < 1.29 is 23.1 Å². The van der Waals surface area contributed by atoms with Crippen molar-refractivity contribution in [1.29, 1.82) is 5.26 Å². The van der Waals surface area contributed by atoms with E-state index in [4.69, 9.17) is 10.4 Å². The number of hydrogen-bond donors (Lipinski definition) is 1. The highest BCUT2D eigenvalue weighted by Gasteiger charge is 2.43. The molecule has 0 unspecified atom stereocenters. The van der Waals surface area contributed by atoms with Crippen molar-refractivity contribution in [2.45, 2.75) is 12.3 Å². The van der Waals surface area contributed by atoms with Gasteiger partial charge in [0, 0.05) is 0 Å². The van der Waals surface area contributed by atoms with Crippen LogP contribution in [0.25, 0.3) is 0 Å². The molecule has 1 N–H and O–H groups in total. The van der Waals surface area contributed by atoms with Crippen LogP contribution in [-0.2, 0) is 4.79 Å². The zero-order valence-corrected chi connectivity index (χ0v) is 4.51. The molecule has 0 aromatic heterocycles. The number of aliphatic hydroxyl groups excluding tert-OH is 1. The molecular weight excluding hydrogens is 151 g/mol. The molecule has 56 valence electrons. The maximum Gasteiger partial charge on any atom is 0.422 e. The van der Waals surface area contributed by atoms with Gasteiger partial charge in [0.25, 0.3) is 5.78 Å². The molecule has 0 fully saturated rings. The first-order chi connectivity index (χ1) is 4.39. The molecule has 6 heteroatoms. The number of carbonyl (C=O) groups excluding carboxylic acids is 1. The molecular formula is C4H2F3NO2. The summed E-state index contributed by atoms with van der Waals surface area (Å²) in [4.78, 5) is 9.83. The Morgan fingerprint density at radius 3 is 2.10 bits per heavy atom. The molecule has 1 atom stereocenters. The smallest absolute Gasteiger partial charge is 0.376 e. The van der Waals surface area contributed by atoms with Gasteiger partial charge in [-0.1, -0.05) is 0 Å². The van der Waals surface area contributed by atoms with Gasteiger partial charge in [-0.25, -0.2) is 0 Å². The van der Waals surface area contributed by atoms with Gasteiger partial charge in [0.05, 0.1) is 0 Å². The Morgan fingerprint density at radius 2 is 2.00 bits per heavy atom. The van der Waals surface area contributed by atoms with E-state index < -0.39 is 18.1 Å². The average molecular weight is 153 g/mol. The van der Waals surface area contributed by atoms with Crippen molar-refractivity contribution in [3.8, 4) is 6.07 Å². The highest BCUT2D eigenvalue weighted by molar-refractivity contribution is 5.97. The zero-order chi connectivity index (χ0) is 8.36. The van der Waals surface area contributed by atoms with Crippen LogP contribution in [0, 0.1) is 11.3 Å². The van der Waals surface area contributed by atoms with Crippen LogP contribution in [0.15, 0.2) is 0 Å². The first kappa shape index (κ1) is 8.91. The lowest BCUT2D eigenvalue weighted by molar-refractivity contribution is -0.200. The van der Waals surface area contributed by atoms with Crippen molar-refractivity contribution in [3.05, 3.63) is 0 Å². The molecule has 0 bridgehead atoms. The summed E-state index contributed by atoms with van der Waals surface area (Å²) >= 11 is 0. The lowest BCUT2D eigenvalue weighted by Gasteiger charge is -2.08. The predicted molar refractivity (Wildman–Crippen MR) is 22.7 cm³/mol. The molecule has 0 saturated heterocycles. The number of hydrogen-bond acceptors (Lipinski definition) is 3. The van der Waals surface area contributed by atoms with Crippen molar-refractivity contribution >= 4 is 5.78 Å². The number of rotatable bonds is 1. The molecule has 0 aromatic rings. The van der Waals surface area contributed by atoms with Crippen LogP contribution in [0.2, 0.25) is 0 Å². The number of alkyl halides is 3. The summed E-state index contributed by atoms with van der Waals surface area (Å²) in [6, 6.07) is 0.662. The molecule has 10 heavy (non-hydrogen) atoms. The number of halogens is 3. The normalized spacial score (nSPS) is 13.9. The Labute approximate surface area is 53.7 Å². The first-order valence-electron chi connectivity index (χ1n) is 2.08. The van der Waals surface area contributed by atoms with E-state index in [1.807, 2.05) is 0 Å². The SMILES string of the molecule is N#CC(=O)[C@H](O)C(F)(F)F. The number of aliphatic hydroxyl groups is 1. The predicted octanol–water partition coefficient (Wildman–Crippen LogP) is 0.00228. The van der Waals surface area contributed by atoms with Gasteiger partial charge in [-0.3, -0.25) is 4.79 Å². The fraction of sp³-hybridized carbons (Fsp3) is 0.500. The Morgan fingerprint density at radius 1 is 1.60 bits per heavy atom. The second-order valence-electron chi connectivity index (χ2n) is 1.42. The van der Waals surface area contributed by atoms with Gasteiger partial charge < -0.3 is 5.11 Å². The van der Waals surface area contributed by atoms with Gasteiger partial charge in [0.15, 0.2) is 0 Å². The molecule has 0 rings (SSSR count). The largest absolute Gasteiger partial charge is 0.422 e.